The number of para-hydroxylation sites is 1. The number of benzene rings is 2. The summed E-state index contributed by atoms with van der Waals surface area (Å²) in [6.45, 7) is -0.409. The second kappa shape index (κ2) is 7.13. The van der Waals surface area contributed by atoms with Crippen LogP contribution in [0.25, 0.3) is 0 Å². The average molecular weight is 295 g/mol. The molecule has 2 nitrogen and oxygen atoms in total. The summed E-state index contributed by atoms with van der Waals surface area (Å²) in [5.74, 6) is -0.287. The Morgan fingerprint density at radius 3 is 2.52 bits per heavy atom. The lowest BCUT2D eigenvalue weighted by molar-refractivity contribution is -0.0506. The van der Waals surface area contributed by atoms with Crippen molar-refractivity contribution in [3.63, 3.8) is 0 Å². The first kappa shape index (κ1) is 15.4. The zero-order chi connectivity index (χ0) is 15.2. The van der Waals surface area contributed by atoms with Gasteiger partial charge in [0.2, 0.25) is 0 Å². The lowest BCUT2D eigenvalue weighted by atomic mass is 9.97. The normalized spacial score (nSPS) is 12.4. The Labute approximate surface area is 121 Å². The number of halogens is 3. The SMILES string of the molecule is CCNC(c1cccc(F)c1)c1ccccc1OC(F)F. The first-order valence-electron chi connectivity index (χ1n) is 6.64. The predicted molar refractivity (Wildman–Crippen MR) is 75.0 cm³/mol. The Morgan fingerprint density at radius 2 is 1.86 bits per heavy atom. The van der Waals surface area contributed by atoms with Crippen molar-refractivity contribution >= 4 is 0 Å². The maximum Gasteiger partial charge on any atom is 0.387 e. The van der Waals surface area contributed by atoms with Gasteiger partial charge in [0, 0.05) is 5.56 Å². The van der Waals surface area contributed by atoms with Crippen molar-refractivity contribution in [1.29, 1.82) is 0 Å². The fraction of sp³-hybridized carbons (Fsp3) is 0.250. The van der Waals surface area contributed by atoms with Crippen LogP contribution in [-0.4, -0.2) is 13.2 Å². The zero-order valence-electron chi connectivity index (χ0n) is 11.5. The molecule has 0 aliphatic rings. The highest BCUT2D eigenvalue weighted by atomic mass is 19.3. The van der Waals surface area contributed by atoms with Gasteiger partial charge in [-0.1, -0.05) is 37.3 Å². The lowest BCUT2D eigenvalue weighted by Gasteiger charge is -2.21. The molecule has 0 saturated carbocycles. The Balaban J connectivity index is 2.43. The zero-order valence-corrected chi connectivity index (χ0v) is 11.5. The van der Waals surface area contributed by atoms with Crippen molar-refractivity contribution in [2.24, 2.45) is 0 Å². The average Bonchev–Trinajstić information content (AvgIpc) is 2.45. The first-order chi connectivity index (χ1) is 10.1. The molecule has 0 fully saturated rings. The fourth-order valence-corrected chi connectivity index (χ4v) is 2.22. The molecule has 21 heavy (non-hydrogen) atoms. The van der Waals surface area contributed by atoms with Crippen LogP contribution in [-0.2, 0) is 0 Å². The van der Waals surface area contributed by atoms with Gasteiger partial charge in [-0.05, 0) is 30.3 Å². The largest absolute Gasteiger partial charge is 0.434 e. The van der Waals surface area contributed by atoms with Gasteiger partial charge in [-0.25, -0.2) is 4.39 Å². The van der Waals surface area contributed by atoms with Gasteiger partial charge < -0.3 is 10.1 Å². The van der Waals surface area contributed by atoms with E-state index in [2.05, 4.69) is 10.1 Å². The Morgan fingerprint density at radius 1 is 1.10 bits per heavy atom. The summed E-state index contributed by atoms with van der Waals surface area (Å²) in [7, 11) is 0. The van der Waals surface area contributed by atoms with E-state index < -0.39 is 12.7 Å². The van der Waals surface area contributed by atoms with Gasteiger partial charge >= 0.3 is 6.61 Å². The summed E-state index contributed by atoms with van der Waals surface area (Å²) in [6, 6.07) is 12.2. The van der Waals surface area contributed by atoms with E-state index in [1.807, 2.05) is 6.92 Å². The van der Waals surface area contributed by atoms with Crippen molar-refractivity contribution in [2.75, 3.05) is 6.54 Å². The number of alkyl halides is 2. The van der Waals surface area contributed by atoms with Gasteiger partial charge in [0.15, 0.2) is 0 Å². The fourth-order valence-electron chi connectivity index (χ4n) is 2.22. The topological polar surface area (TPSA) is 21.3 Å². The molecule has 0 aromatic heterocycles. The molecular formula is C16H16F3NO. The number of hydrogen-bond donors (Lipinski definition) is 1. The number of nitrogens with one attached hydrogen (secondary N) is 1. The summed E-state index contributed by atoms with van der Waals surface area (Å²) < 4.78 is 43.0. The van der Waals surface area contributed by atoms with Crippen molar-refractivity contribution in [2.45, 2.75) is 19.6 Å². The Hall–Kier alpha value is -2.01. The number of hydrogen-bond acceptors (Lipinski definition) is 2. The minimum atomic E-state index is -2.90. The molecule has 2 rings (SSSR count). The van der Waals surface area contributed by atoms with Crippen LogP contribution in [0, 0.1) is 5.82 Å². The highest BCUT2D eigenvalue weighted by Gasteiger charge is 2.19. The highest BCUT2D eigenvalue weighted by Crippen LogP contribution is 2.31. The smallest absolute Gasteiger partial charge is 0.387 e. The van der Waals surface area contributed by atoms with Crippen LogP contribution in [0.15, 0.2) is 48.5 Å². The third-order valence-electron chi connectivity index (χ3n) is 3.04. The molecule has 1 atom stereocenters. The molecule has 0 aliphatic heterocycles. The van der Waals surface area contributed by atoms with Gasteiger partial charge in [-0.2, -0.15) is 8.78 Å². The van der Waals surface area contributed by atoms with Gasteiger partial charge in [0.1, 0.15) is 11.6 Å². The molecule has 1 N–H and O–H groups in total. The van der Waals surface area contributed by atoms with E-state index in [0.29, 0.717) is 17.7 Å². The minimum absolute atomic E-state index is 0.0858. The molecule has 0 radical (unpaired) electrons. The molecule has 0 saturated heterocycles. The van der Waals surface area contributed by atoms with Crippen molar-refractivity contribution < 1.29 is 17.9 Å². The molecule has 5 heteroatoms. The van der Waals surface area contributed by atoms with E-state index >= 15 is 0 Å². The maximum absolute atomic E-state index is 13.4. The Kier molecular flexibility index (Phi) is 5.22. The first-order valence-corrected chi connectivity index (χ1v) is 6.64. The number of ether oxygens (including phenoxy) is 1. The summed E-state index contributed by atoms with van der Waals surface area (Å²) in [5, 5.41) is 3.16. The molecule has 0 aliphatic carbocycles. The van der Waals surface area contributed by atoms with Gasteiger partial charge in [0.05, 0.1) is 6.04 Å². The third kappa shape index (κ3) is 3.98. The van der Waals surface area contributed by atoms with Crippen LogP contribution in [0.1, 0.15) is 24.1 Å². The van der Waals surface area contributed by atoms with Crippen molar-refractivity contribution in [1.82, 2.24) is 5.32 Å². The molecule has 0 spiro atoms. The van der Waals surface area contributed by atoms with Gasteiger partial charge in [-0.3, -0.25) is 0 Å². The van der Waals surface area contributed by atoms with Crippen LogP contribution < -0.4 is 10.1 Å². The molecule has 112 valence electrons. The van der Waals surface area contributed by atoms with E-state index in [1.165, 1.54) is 18.2 Å². The van der Waals surface area contributed by atoms with Gasteiger partial charge in [0.25, 0.3) is 0 Å². The van der Waals surface area contributed by atoms with Gasteiger partial charge in [-0.15, -0.1) is 0 Å². The summed E-state index contributed by atoms with van der Waals surface area (Å²) in [5.41, 5.74) is 1.20. The molecule has 2 aromatic rings. The number of rotatable bonds is 6. The van der Waals surface area contributed by atoms with Crippen LogP contribution >= 0.6 is 0 Å². The van der Waals surface area contributed by atoms with Crippen LogP contribution in [0.2, 0.25) is 0 Å². The lowest BCUT2D eigenvalue weighted by Crippen LogP contribution is -2.23. The molecule has 2 aromatic carbocycles. The van der Waals surface area contributed by atoms with E-state index in [1.54, 1.807) is 30.3 Å². The third-order valence-corrected chi connectivity index (χ3v) is 3.04. The molecule has 1 unspecified atom stereocenters. The molecular weight excluding hydrogens is 279 g/mol. The summed E-state index contributed by atoms with van der Waals surface area (Å²) in [4.78, 5) is 0. The highest BCUT2D eigenvalue weighted by molar-refractivity contribution is 5.41. The molecule has 0 amide bonds. The predicted octanol–water partition coefficient (Wildman–Crippen LogP) is 4.13. The van der Waals surface area contributed by atoms with E-state index in [4.69, 9.17) is 0 Å². The molecule has 0 bridgehead atoms. The van der Waals surface area contributed by atoms with Crippen LogP contribution in [0.4, 0.5) is 13.2 Å². The van der Waals surface area contributed by atoms with Crippen molar-refractivity contribution in [3.05, 3.63) is 65.5 Å². The Bertz CT molecular complexity index is 589. The summed E-state index contributed by atoms with van der Waals surface area (Å²) >= 11 is 0. The van der Waals surface area contributed by atoms with E-state index in [-0.39, 0.29) is 11.6 Å². The molecule has 0 heterocycles. The monoisotopic (exact) mass is 295 g/mol. The summed E-state index contributed by atoms with van der Waals surface area (Å²) in [6.07, 6.45) is 0. The van der Waals surface area contributed by atoms with Crippen LogP contribution in [0.3, 0.4) is 0 Å². The second-order valence-electron chi connectivity index (χ2n) is 4.46. The standard InChI is InChI=1S/C16H16F3NO/c1-2-20-15(11-6-5-7-12(17)10-11)13-8-3-4-9-14(13)21-16(18)19/h3-10,15-16,20H,2H2,1H3. The van der Waals surface area contributed by atoms with E-state index in [9.17, 15) is 13.2 Å². The van der Waals surface area contributed by atoms with Crippen LogP contribution in [0.5, 0.6) is 5.75 Å². The quantitative estimate of drug-likeness (QED) is 0.865. The maximum atomic E-state index is 13.4. The minimum Gasteiger partial charge on any atom is -0.434 e. The second-order valence-corrected chi connectivity index (χ2v) is 4.46. The van der Waals surface area contributed by atoms with Crippen molar-refractivity contribution in [3.8, 4) is 5.75 Å². The van der Waals surface area contributed by atoms with E-state index in [0.717, 1.165) is 0 Å².